The summed E-state index contributed by atoms with van der Waals surface area (Å²) in [4.78, 5) is 14.2. The number of hydrogen-bond acceptors (Lipinski definition) is 4. The molecule has 4 heteroatoms. The van der Waals surface area contributed by atoms with Crippen molar-refractivity contribution in [3.63, 3.8) is 0 Å². The SMILES string of the molecule is O=C1CCOc2cc(OCCCCN3CCCC3)ccc21. The fourth-order valence-electron chi connectivity index (χ4n) is 2.96. The molecule has 21 heavy (non-hydrogen) atoms. The number of ketones is 1. The maximum atomic E-state index is 11.7. The first-order valence-electron chi connectivity index (χ1n) is 7.98. The van der Waals surface area contributed by atoms with Crippen molar-refractivity contribution in [1.82, 2.24) is 4.90 Å². The third kappa shape index (κ3) is 3.76. The maximum absolute atomic E-state index is 11.7. The molecule has 0 N–H and O–H groups in total. The summed E-state index contributed by atoms with van der Waals surface area (Å²) in [6.45, 7) is 4.91. The second kappa shape index (κ2) is 6.94. The van der Waals surface area contributed by atoms with E-state index >= 15 is 0 Å². The van der Waals surface area contributed by atoms with Crippen molar-refractivity contribution in [2.24, 2.45) is 0 Å². The van der Waals surface area contributed by atoms with Gasteiger partial charge in [0, 0.05) is 12.5 Å². The van der Waals surface area contributed by atoms with Gasteiger partial charge >= 0.3 is 0 Å². The number of likely N-dealkylation sites (tertiary alicyclic amines) is 1. The molecule has 0 atom stereocenters. The summed E-state index contributed by atoms with van der Waals surface area (Å²) < 4.78 is 11.3. The molecule has 1 aromatic carbocycles. The largest absolute Gasteiger partial charge is 0.493 e. The van der Waals surface area contributed by atoms with Gasteiger partial charge in [0.1, 0.15) is 11.5 Å². The Bertz CT molecular complexity index is 495. The Morgan fingerprint density at radius 2 is 2.05 bits per heavy atom. The van der Waals surface area contributed by atoms with Gasteiger partial charge in [-0.05, 0) is 57.5 Å². The minimum absolute atomic E-state index is 0.161. The molecule has 2 aliphatic rings. The van der Waals surface area contributed by atoms with Gasteiger partial charge in [0.05, 0.1) is 18.8 Å². The molecule has 1 saturated heterocycles. The molecule has 114 valence electrons. The standard InChI is InChI=1S/C17H23NO3/c19-16-7-12-21-17-13-14(5-6-15(16)17)20-11-4-3-10-18-8-1-2-9-18/h5-6,13H,1-4,7-12H2. The topological polar surface area (TPSA) is 38.8 Å². The number of carbonyl (C=O) groups is 1. The van der Waals surface area contributed by atoms with E-state index < -0.39 is 0 Å². The lowest BCUT2D eigenvalue weighted by atomic mass is 10.1. The van der Waals surface area contributed by atoms with Crippen LogP contribution in [-0.2, 0) is 0 Å². The molecule has 1 fully saturated rings. The summed E-state index contributed by atoms with van der Waals surface area (Å²) in [6, 6.07) is 5.52. The molecule has 0 amide bonds. The van der Waals surface area contributed by atoms with E-state index in [1.807, 2.05) is 18.2 Å². The van der Waals surface area contributed by atoms with E-state index in [1.165, 1.54) is 38.9 Å². The molecule has 4 nitrogen and oxygen atoms in total. The maximum Gasteiger partial charge on any atom is 0.169 e. The van der Waals surface area contributed by atoms with Gasteiger partial charge in [0.2, 0.25) is 0 Å². The van der Waals surface area contributed by atoms with Crippen molar-refractivity contribution in [3.8, 4) is 11.5 Å². The van der Waals surface area contributed by atoms with Crippen molar-refractivity contribution >= 4 is 5.78 Å². The Morgan fingerprint density at radius 3 is 2.90 bits per heavy atom. The van der Waals surface area contributed by atoms with Crippen LogP contribution in [0.4, 0.5) is 0 Å². The molecule has 0 bridgehead atoms. The number of rotatable bonds is 6. The minimum Gasteiger partial charge on any atom is -0.493 e. The van der Waals surface area contributed by atoms with Crippen molar-refractivity contribution in [1.29, 1.82) is 0 Å². The zero-order chi connectivity index (χ0) is 14.5. The first kappa shape index (κ1) is 14.4. The second-order valence-corrected chi connectivity index (χ2v) is 5.78. The van der Waals surface area contributed by atoms with E-state index in [1.54, 1.807) is 0 Å². The minimum atomic E-state index is 0.161. The van der Waals surface area contributed by atoms with Crippen molar-refractivity contribution < 1.29 is 14.3 Å². The molecular weight excluding hydrogens is 266 g/mol. The highest BCUT2D eigenvalue weighted by molar-refractivity contribution is 5.99. The van der Waals surface area contributed by atoms with Crippen LogP contribution in [0.15, 0.2) is 18.2 Å². The lowest BCUT2D eigenvalue weighted by Gasteiger charge is -2.17. The summed E-state index contributed by atoms with van der Waals surface area (Å²) in [6.07, 6.45) is 5.42. The number of unbranched alkanes of at least 4 members (excludes halogenated alkanes) is 1. The quantitative estimate of drug-likeness (QED) is 0.755. The van der Waals surface area contributed by atoms with E-state index in [0.29, 0.717) is 24.3 Å². The van der Waals surface area contributed by atoms with Crippen LogP contribution in [0.5, 0.6) is 11.5 Å². The first-order chi connectivity index (χ1) is 10.3. The molecule has 0 radical (unpaired) electrons. The zero-order valence-electron chi connectivity index (χ0n) is 12.5. The van der Waals surface area contributed by atoms with Gasteiger partial charge in [-0.1, -0.05) is 0 Å². The Balaban J connectivity index is 1.42. The molecule has 0 saturated carbocycles. The number of hydrogen-bond donors (Lipinski definition) is 0. The van der Waals surface area contributed by atoms with E-state index in [9.17, 15) is 4.79 Å². The summed E-state index contributed by atoms with van der Waals surface area (Å²) in [5, 5.41) is 0. The van der Waals surface area contributed by atoms with Gasteiger partial charge in [-0.3, -0.25) is 4.79 Å². The predicted molar refractivity (Wildman–Crippen MR) is 81.3 cm³/mol. The van der Waals surface area contributed by atoms with Crippen molar-refractivity contribution in [2.45, 2.75) is 32.1 Å². The zero-order valence-corrected chi connectivity index (χ0v) is 12.5. The third-order valence-corrected chi connectivity index (χ3v) is 4.18. The van der Waals surface area contributed by atoms with Crippen LogP contribution in [0.25, 0.3) is 0 Å². The van der Waals surface area contributed by atoms with Crippen LogP contribution >= 0.6 is 0 Å². The number of ether oxygens (including phenoxy) is 2. The van der Waals surface area contributed by atoms with Crippen LogP contribution in [0.2, 0.25) is 0 Å². The molecule has 2 heterocycles. The smallest absolute Gasteiger partial charge is 0.169 e. The Hall–Kier alpha value is -1.55. The summed E-state index contributed by atoms with van der Waals surface area (Å²) >= 11 is 0. The lowest BCUT2D eigenvalue weighted by Crippen LogP contribution is -2.20. The molecule has 0 aromatic heterocycles. The highest BCUT2D eigenvalue weighted by atomic mass is 16.5. The third-order valence-electron chi connectivity index (χ3n) is 4.18. The van der Waals surface area contributed by atoms with Crippen LogP contribution in [0, 0.1) is 0 Å². The fourth-order valence-corrected chi connectivity index (χ4v) is 2.96. The first-order valence-corrected chi connectivity index (χ1v) is 7.98. The summed E-state index contributed by atoms with van der Waals surface area (Å²) in [7, 11) is 0. The fraction of sp³-hybridized carbons (Fsp3) is 0.588. The van der Waals surface area contributed by atoms with Crippen molar-refractivity contribution in [3.05, 3.63) is 23.8 Å². The van der Waals surface area contributed by atoms with Gasteiger partial charge in [-0.25, -0.2) is 0 Å². The Labute approximate surface area is 126 Å². The van der Waals surface area contributed by atoms with Crippen molar-refractivity contribution in [2.75, 3.05) is 32.8 Å². The highest BCUT2D eigenvalue weighted by Crippen LogP contribution is 2.29. The molecule has 3 rings (SSSR count). The number of Topliss-reactive ketones (excluding diaryl/α,β-unsaturated/α-hetero) is 1. The van der Waals surface area contributed by atoms with E-state index in [2.05, 4.69) is 4.90 Å². The summed E-state index contributed by atoms with van der Waals surface area (Å²) in [5.74, 6) is 1.62. The molecule has 2 aliphatic heterocycles. The highest BCUT2D eigenvalue weighted by Gasteiger charge is 2.18. The van der Waals surface area contributed by atoms with Crippen LogP contribution < -0.4 is 9.47 Å². The molecule has 0 spiro atoms. The van der Waals surface area contributed by atoms with Gasteiger partial charge in [0.25, 0.3) is 0 Å². The average Bonchev–Trinajstić information content (AvgIpc) is 3.00. The monoisotopic (exact) mass is 289 g/mol. The summed E-state index contributed by atoms with van der Waals surface area (Å²) in [5.41, 5.74) is 0.683. The molecule has 0 unspecified atom stereocenters. The van der Waals surface area contributed by atoms with E-state index in [0.717, 1.165) is 18.8 Å². The Kier molecular flexibility index (Phi) is 4.76. The average molecular weight is 289 g/mol. The molecular formula is C17H23NO3. The van der Waals surface area contributed by atoms with Gasteiger partial charge in [-0.2, -0.15) is 0 Å². The van der Waals surface area contributed by atoms with Gasteiger partial charge < -0.3 is 14.4 Å². The molecule has 1 aromatic rings. The van der Waals surface area contributed by atoms with Crippen LogP contribution in [0.1, 0.15) is 42.5 Å². The predicted octanol–water partition coefficient (Wildman–Crippen LogP) is 2.91. The normalized spacial score (nSPS) is 18.4. The number of carbonyl (C=O) groups excluding carboxylic acids is 1. The number of nitrogens with zero attached hydrogens (tertiary/aromatic N) is 1. The molecule has 0 aliphatic carbocycles. The lowest BCUT2D eigenvalue weighted by molar-refractivity contribution is 0.0933. The number of benzene rings is 1. The number of fused-ring (bicyclic) bond motifs is 1. The second-order valence-electron chi connectivity index (χ2n) is 5.78. The van der Waals surface area contributed by atoms with Gasteiger partial charge in [-0.15, -0.1) is 0 Å². The Morgan fingerprint density at radius 1 is 1.19 bits per heavy atom. The van der Waals surface area contributed by atoms with Gasteiger partial charge in [0.15, 0.2) is 5.78 Å². The van der Waals surface area contributed by atoms with E-state index in [4.69, 9.17) is 9.47 Å². The van der Waals surface area contributed by atoms with Crippen LogP contribution in [-0.4, -0.2) is 43.5 Å². The van der Waals surface area contributed by atoms with Crippen LogP contribution in [0.3, 0.4) is 0 Å². The van der Waals surface area contributed by atoms with E-state index in [-0.39, 0.29) is 5.78 Å².